The van der Waals surface area contributed by atoms with Gasteiger partial charge in [-0.05, 0) is 55.6 Å². The van der Waals surface area contributed by atoms with Crippen molar-refractivity contribution in [1.82, 2.24) is 5.43 Å². The third kappa shape index (κ3) is 3.22. The Kier molecular flexibility index (Phi) is 4.71. The molecule has 2 unspecified atom stereocenters. The van der Waals surface area contributed by atoms with Crippen LogP contribution in [0.4, 0.5) is 0 Å². The van der Waals surface area contributed by atoms with Crippen LogP contribution in [0.1, 0.15) is 68.0 Å². The van der Waals surface area contributed by atoms with Gasteiger partial charge in [-0.1, -0.05) is 30.7 Å². The quantitative estimate of drug-likeness (QED) is 0.617. The highest BCUT2D eigenvalue weighted by molar-refractivity contribution is 5.29. The van der Waals surface area contributed by atoms with E-state index >= 15 is 0 Å². The second-order valence-electron chi connectivity index (χ2n) is 6.23. The fourth-order valence-corrected chi connectivity index (χ4v) is 3.34. The normalized spacial score (nSPS) is 24.6. The largest absolute Gasteiger partial charge is 0.378 e. The van der Waals surface area contributed by atoms with Crippen LogP contribution in [0.15, 0.2) is 24.3 Å². The van der Waals surface area contributed by atoms with Crippen LogP contribution in [0.2, 0.25) is 0 Å². The number of rotatable bonds is 6. The fourth-order valence-electron chi connectivity index (χ4n) is 3.34. The lowest BCUT2D eigenvalue weighted by molar-refractivity contribution is 0.0996. The standard InChI is InChI=1S/C17H26N2O/c18-19-17(10-9-16-8-3-11-20-16)15-7-2-6-14(12-15)13-4-1-5-13/h2,6-7,12-13,16-17,19H,1,3-5,8-11,18H2. The van der Waals surface area contributed by atoms with Gasteiger partial charge >= 0.3 is 0 Å². The summed E-state index contributed by atoms with van der Waals surface area (Å²) in [6.45, 7) is 0.933. The average Bonchev–Trinajstić information content (AvgIpc) is 2.91. The molecule has 1 saturated carbocycles. The van der Waals surface area contributed by atoms with Crippen LogP contribution in [0.5, 0.6) is 0 Å². The molecule has 3 nitrogen and oxygen atoms in total. The Bertz CT molecular complexity index is 425. The van der Waals surface area contributed by atoms with Gasteiger partial charge in [-0.15, -0.1) is 0 Å². The Morgan fingerprint density at radius 3 is 2.80 bits per heavy atom. The summed E-state index contributed by atoms with van der Waals surface area (Å²) in [5, 5.41) is 0. The second-order valence-corrected chi connectivity index (χ2v) is 6.23. The van der Waals surface area contributed by atoms with E-state index in [0.29, 0.717) is 6.10 Å². The van der Waals surface area contributed by atoms with Crippen LogP contribution >= 0.6 is 0 Å². The van der Waals surface area contributed by atoms with Crippen molar-refractivity contribution in [1.29, 1.82) is 0 Å². The smallest absolute Gasteiger partial charge is 0.0576 e. The molecule has 0 spiro atoms. The van der Waals surface area contributed by atoms with Crippen LogP contribution in [-0.4, -0.2) is 12.7 Å². The molecule has 1 aromatic carbocycles. The van der Waals surface area contributed by atoms with E-state index in [1.54, 1.807) is 0 Å². The minimum absolute atomic E-state index is 0.249. The number of hydrazine groups is 1. The first kappa shape index (κ1) is 14.1. The van der Waals surface area contributed by atoms with Crippen LogP contribution in [0, 0.1) is 0 Å². The summed E-state index contributed by atoms with van der Waals surface area (Å²) in [5.74, 6) is 6.56. The highest BCUT2D eigenvalue weighted by atomic mass is 16.5. The third-order valence-corrected chi connectivity index (χ3v) is 4.89. The molecule has 110 valence electrons. The molecule has 0 amide bonds. The van der Waals surface area contributed by atoms with Gasteiger partial charge in [0.1, 0.15) is 0 Å². The van der Waals surface area contributed by atoms with Gasteiger partial charge in [0.2, 0.25) is 0 Å². The first-order valence-electron chi connectivity index (χ1n) is 8.04. The topological polar surface area (TPSA) is 47.3 Å². The van der Waals surface area contributed by atoms with Gasteiger partial charge in [0, 0.05) is 12.6 Å². The molecule has 0 aromatic heterocycles. The number of hydrogen-bond acceptors (Lipinski definition) is 3. The number of hydrogen-bond donors (Lipinski definition) is 2. The molecule has 2 fully saturated rings. The molecule has 3 N–H and O–H groups in total. The summed E-state index contributed by atoms with van der Waals surface area (Å²) in [6, 6.07) is 9.24. The van der Waals surface area contributed by atoms with Crippen LogP contribution in [0.25, 0.3) is 0 Å². The van der Waals surface area contributed by atoms with Crippen molar-refractivity contribution in [2.75, 3.05) is 6.61 Å². The lowest BCUT2D eigenvalue weighted by Crippen LogP contribution is -2.29. The Balaban J connectivity index is 1.61. The second kappa shape index (κ2) is 6.70. The van der Waals surface area contributed by atoms with Gasteiger partial charge in [0.25, 0.3) is 0 Å². The predicted octanol–water partition coefficient (Wildman–Crippen LogP) is 3.42. The third-order valence-electron chi connectivity index (χ3n) is 4.89. The summed E-state index contributed by atoms with van der Waals surface area (Å²) in [4.78, 5) is 0. The van der Waals surface area contributed by atoms with Crippen molar-refractivity contribution in [2.24, 2.45) is 5.84 Å². The molecule has 1 aliphatic heterocycles. The van der Waals surface area contributed by atoms with E-state index in [9.17, 15) is 0 Å². The zero-order valence-electron chi connectivity index (χ0n) is 12.2. The minimum Gasteiger partial charge on any atom is -0.378 e. The molecule has 0 radical (unpaired) electrons. The van der Waals surface area contributed by atoms with Crippen molar-refractivity contribution < 1.29 is 4.74 Å². The van der Waals surface area contributed by atoms with E-state index in [1.807, 2.05) is 0 Å². The molecule has 2 aliphatic rings. The van der Waals surface area contributed by atoms with Crippen molar-refractivity contribution in [3.05, 3.63) is 35.4 Å². The summed E-state index contributed by atoms with van der Waals surface area (Å²) >= 11 is 0. The molecule has 3 heteroatoms. The maximum Gasteiger partial charge on any atom is 0.0576 e. The van der Waals surface area contributed by atoms with Crippen LogP contribution in [0.3, 0.4) is 0 Å². The Morgan fingerprint density at radius 2 is 2.15 bits per heavy atom. The molecule has 20 heavy (non-hydrogen) atoms. The van der Waals surface area contributed by atoms with E-state index < -0.39 is 0 Å². The van der Waals surface area contributed by atoms with E-state index in [1.165, 1.54) is 43.2 Å². The van der Waals surface area contributed by atoms with Crippen LogP contribution < -0.4 is 11.3 Å². The molecular weight excluding hydrogens is 248 g/mol. The zero-order valence-corrected chi connectivity index (χ0v) is 12.2. The minimum atomic E-state index is 0.249. The van der Waals surface area contributed by atoms with E-state index in [0.717, 1.165) is 25.4 Å². The van der Waals surface area contributed by atoms with Gasteiger partial charge < -0.3 is 4.74 Å². The Morgan fingerprint density at radius 1 is 1.25 bits per heavy atom. The maximum absolute atomic E-state index is 5.77. The summed E-state index contributed by atoms with van der Waals surface area (Å²) in [5.41, 5.74) is 5.81. The average molecular weight is 274 g/mol. The summed E-state index contributed by atoms with van der Waals surface area (Å²) in [7, 11) is 0. The highest BCUT2D eigenvalue weighted by Crippen LogP contribution is 2.37. The van der Waals surface area contributed by atoms with Crippen molar-refractivity contribution in [2.45, 2.75) is 63.0 Å². The Labute approximate surface area is 121 Å². The highest BCUT2D eigenvalue weighted by Gasteiger charge is 2.21. The Hall–Kier alpha value is -0.900. The molecular formula is C17H26N2O. The molecule has 1 saturated heterocycles. The van der Waals surface area contributed by atoms with Gasteiger partial charge in [0.15, 0.2) is 0 Å². The summed E-state index contributed by atoms with van der Waals surface area (Å²) in [6.07, 6.45) is 9.09. The van der Waals surface area contributed by atoms with E-state index in [4.69, 9.17) is 10.6 Å². The molecule has 1 aliphatic carbocycles. The van der Waals surface area contributed by atoms with E-state index in [2.05, 4.69) is 29.7 Å². The molecule has 1 aromatic rings. The number of nitrogens with one attached hydrogen (secondary N) is 1. The first-order chi connectivity index (χ1) is 9.86. The van der Waals surface area contributed by atoms with E-state index in [-0.39, 0.29) is 6.04 Å². The van der Waals surface area contributed by atoms with Crippen LogP contribution in [-0.2, 0) is 4.74 Å². The molecule has 3 rings (SSSR count). The monoisotopic (exact) mass is 274 g/mol. The van der Waals surface area contributed by atoms with Gasteiger partial charge in [-0.2, -0.15) is 0 Å². The van der Waals surface area contributed by atoms with Crippen molar-refractivity contribution >= 4 is 0 Å². The SMILES string of the molecule is NNC(CCC1CCCO1)c1cccc(C2CCC2)c1. The fraction of sp³-hybridized carbons (Fsp3) is 0.647. The lowest BCUT2D eigenvalue weighted by Gasteiger charge is -2.27. The van der Waals surface area contributed by atoms with Crippen molar-refractivity contribution in [3.8, 4) is 0 Å². The van der Waals surface area contributed by atoms with Gasteiger partial charge in [-0.3, -0.25) is 11.3 Å². The van der Waals surface area contributed by atoms with Gasteiger partial charge in [0.05, 0.1) is 6.10 Å². The predicted molar refractivity (Wildman–Crippen MR) is 81.3 cm³/mol. The zero-order chi connectivity index (χ0) is 13.8. The first-order valence-corrected chi connectivity index (χ1v) is 8.04. The maximum atomic E-state index is 5.77. The van der Waals surface area contributed by atoms with Gasteiger partial charge in [-0.25, -0.2) is 0 Å². The molecule has 1 heterocycles. The molecule has 2 atom stereocenters. The summed E-state index contributed by atoms with van der Waals surface area (Å²) < 4.78 is 5.70. The van der Waals surface area contributed by atoms with Crippen molar-refractivity contribution in [3.63, 3.8) is 0 Å². The number of nitrogens with two attached hydrogens (primary N) is 1. The number of benzene rings is 1. The lowest BCUT2D eigenvalue weighted by atomic mass is 9.79. The number of ether oxygens (including phenoxy) is 1. The molecule has 0 bridgehead atoms.